The van der Waals surface area contributed by atoms with E-state index in [1.54, 1.807) is 0 Å². The maximum absolute atomic E-state index is 12.1. The van der Waals surface area contributed by atoms with Gasteiger partial charge in [-0.05, 0) is 54.4 Å². The van der Waals surface area contributed by atoms with E-state index < -0.39 is 16.0 Å². The van der Waals surface area contributed by atoms with Gasteiger partial charge in [0.15, 0.2) is 0 Å². The van der Waals surface area contributed by atoms with Crippen molar-refractivity contribution < 1.29 is 23.4 Å². The van der Waals surface area contributed by atoms with Gasteiger partial charge in [0.2, 0.25) is 10.0 Å². The zero-order valence-electron chi connectivity index (χ0n) is 11.9. The van der Waals surface area contributed by atoms with Gasteiger partial charge >= 0.3 is 5.97 Å². The fourth-order valence-corrected chi connectivity index (χ4v) is 3.17. The van der Waals surface area contributed by atoms with Crippen LogP contribution in [0.3, 0.4) is 0 Å². The van der Waals surface area contributed by atoms with E-state index in [-0.39, 0.29) is 29.2 Å². The predicted molar refractivity (Wildman–Crippen MR) is 85.4 cm³/mol. The highest BCUT2D eigenvalue weighted by atomic mass is 35.5. The van der Waals surface area contributed by atoms with E-state index in [2.05, 4.69) is 4.72 Å². The second-order valence-electron chi connectivity index (χ2n) is 4.75. The van der Waals surface area contributed by atoms with Crippen LogP contribution in [-0.2, 0) is 16.4 Å². The van der Waals surface area contributed by atoms with Crippen molar-refractivity contribution in [3.63, 3.8) is 0 Å². The normalized spacial score (nSPS) is 11.3. The molecule has 0 amide bonds. The molecule has 8 heteroatoms. The van der Waals surface area contributed by atoms with Crippen LogP contribution in [-0.4, -0.2) is 31.1 Å². The van der Waals surface area contributed by atoms with Crippen LogP contribution >= 0.6 is 11.6 Å². The van der Waals surface area contributed by atoms with Crippen molar-refractivity contribution in [1.82, 2.24) is 4.72 Å². The molecule has 0 saturated carbocycles. The Kier molecular flexibility index (Phi) is 5.25. The van der Waals surface area contributed by atoms with E-state index in [9.17, 15) is 18.3 Å². The van der Waals surface area contributed by atoms with Crippen molar-refractivity contribution in [3.8, 4) is 5.75 Å². The molecule has 122 valence electrons. The number of hydrogen-bond donors (Lipinski definition) is 3. The zero-order valence-corrected chi connectivity index (χ0v) is 13.4. The maximum atomic E-state index is 12.1. The molecule has 0 bridgehead atoms. The average Bonchev–Trinajstić information content (AvgIpc) is 2.47. The minimum absolute atomic E-state index is 0.00526. The zero-order chi connectivity index (χ0) is 17.0. The molecule has 0 atom stereocenters. The smallest absolute Gasteiger partial charge is 0.335 e. The van der Waals surface area contributed by atoms with E-state index in [0.717, 1.165) is 0 Å². The molecule has 0 saturated heterocycles. The number of rotatable bonds is 6. The van der Waals surface area contributed by atoms with Crippen molar-refractivity contribution in [2.45, 2.75) is 11.3 Å². The number of carboxylic acid groups (broad SMARTS) is 1. The molecule has 2 aromatic carbocycles. The number of benzene rings is 2. The molecule has 0 aliphatic carbocycles. The Labute approximate surface area is 138 Å². The van der Waals surface area contributed by atoms with Gasteiger partial charge in [-0.25, -0.2) is 17.9 Å². The third-order valence-electron chi connectivity index (χ3n) is 3.13. The summed E-state index contributed by atoms with van der Waals surface area (Å²) in [7, 11) is -3.71. The van der Waals surface area contributed by atoms with E-state index in [1.807, 2.05) is 0 Å². The number of carbonyl (C=O) groups is 1. The summed E-state index contributed by atoms with van der Waals surface area (Å²) in [5.74, 6) is -1.22. The Morgan fingerprint density at radius 1 is 1.13 bits per heavy atom. The molecular formula is C15H14ClNO5S. The first kappa shape index (κ1) is 17.3. The monoisotopic (exact) mass is 355 g/mol. The highest BCUT2D eigenvalue weighted by Gasteiger charge is 2.15. The number of phenols is 1. The molecule has 0 unspecified atom stereocenters. The van der Waals surface area contributed by atoms with Crippen molar-refractivity contribution in [2.75, 3.05) is 6.54 Å². The third-order valence-corrected chi connectivity index (χ3v) is 4.86. The van der Waals surface area contributed by atoms with E-state index >= 15 is 0 Å². The summed E-state index contributed by atoms with van der Waals surface area (Å²) in [6.07, 6.45) is 0.128. The van der Waals surface area contributed by atoms with Gasteiger partial charge in [0.25, 0.3) is 0 Å². The molecule has 0 radical (unpaired) electrons. The summed E-state index contributed by atoms with van der Waals surface area (Å²) >= 11 is 5.71. The fraction of sp³-hybridized carbons (Fsp3) is 0.133. The number of halogens is 1. The van der Waals surface area contributed by atoms with Crippen molar-refractivity contribution in [1.29, 1.82) is 0 Å². The van der Waals surface area contributed by atoms with Gasteiger partial charge in [0.1, 0.15) is 5.75 Å². The molecule has 2 aromatic rings. The highest BCUT2D eigenvalue weighted by Crippen LogP contribution is 2.18. The fourth-order valence-electron chi connectivity index (χ4n) is 2.01. The molecule has 0 fully saturated rings. The largest absolute Gasteiger partial charge is 0.508 e. The van der Waals surface area contributed by atoms with Crippen LogP contribution in [0.5, 0.6) is 5.75 Å². The number of sulfonamides is 1. The van der Waals surface area contributed by atoms with Crippen LogP contribution in [0.25, 0.3) is 0 Å². The summed E-state index contributed by atoms with van der Waals surface area (Å²) in [6, 6.07) is 9.54. The molecule has 6 nitrogen and oxygen atoms in total. The number of carboxylic acids is 1. The summed E-state index contributed by atoms with van der Waals surface area (Å²) in [5.41, 5.74) is 0.366. The molecule has 2 rings (SSSR count). The van der Waals surface area contributed by atoms with E-state index in [0.29, 0.717) is 10.6 Å². The van der Waals surface area contributed by atoms with Gasteiger partial charge in [-0.2, -0.15) is 0 Å². The minimum Gasteiger partial charge on any atom is -0.508 e. The first-order valence-corrected chi connectivity index (χ1v) is 8.46. The van der Waals surface area contributed by atoms with Crippen molar-refractivity contribution in [3.05, 3.63) is 58.6 Å². The van der Waals surface area contributed by atoms with Gasteiger partial charge in [-0.1, -0.05) is 11.6 Å². The Morgan fingerprint density at radius 3 is 2.39 bits per heavy atom. The number of phenolic OH excluding ortho intramolecular Hbond substituents is 1. The van der Waals surface area contributed by atoms with Crippen LogP contribution in [0, 0.1) is 0 Å². The minimum atomic E-state index is -3.71. The summed E-state index contributed by atoms with van der Waals surface area (Å²) < 4.78 is 26.6. The predicted octanol–water partition coefficient (Wildman–Crippen LogP) is 2.26. The van der Waals surface area contributed by atoms with Crippen molar-refractivity contribution >= 4 is 27.6 Å². The summed E-state index contributed by atoms with van der Waals surface area (Å²) in [5, 5.41) is 19.0. The van der Waals surface area contributed by atoms with E-state index in [4.69, 9.17) is 16.7 Å². The van der Waals surface area contributed by atoms with E-state index in [1.165, 1.54) is 42.5 Å². The van der Waals surface area contributed by atoms with Gasteiger partial charge in [-0.3, -0.25) is 0 Å². The van der Waals surface area contributed by atoms with Crippen molar-refractivity contribution in [2.24, 2.45) is 0 Å². The van der Waals surface area contributed by atoms with Gasteiger partial charge < -0.3 is 10.2 Å². The second kappa shape index (κ2) is 6.99. The summed E-state index contributed by atoms with van der Waals surface area (Å²) in [4.78, 5) is 11.2. The van der Waals surface area contributed by atoms with Crippen LogP contribution < -0.4 is 4.72 Å². The Bertz CT molecular complexity index is 818. The molecule has 0 spiro atoms. The molecular weight excluding hydrogens is 342 g/mol. The van der Waals surface area contributed by atoms with Crippen LogP contribution in [0.15, 0.2) is 47.4 Å². The number of nitrogens with one attached hydrogen (secondary N) is 1. The number of hydrogen-bond acceptors (Lipinski definition) is 4. The van der Waals surface area contributed by atoms with Crippen LogP contribution in [0.4, 0.5) is 0 Å². The first-order valence-electron chi connectivity index (χ1n) is 6.60. The average molecular weight is 356 g/mol. The Morgan fingerprint density at radius 2 is 1.78 bits per heavy atom. The van der Waals surface area contributed by atoms with Gasteiger partial charge in [0, 0.05) is 11.6 Å². The topological polar surface area (TPSA) is 104 Å². The van der Waals surface area contributed by atoms with Crippen LogP contribution in [0.1, 0.15) is 15.9 Å². The standard InChI is InChI=1S/C15H14ClNO5S/c16-11-1-4-13(5-2-11)23(21,22)17-8-7-10-9-12(18)3-6-14(10)15(19)20/h1-6,9,17-18H,7-8H2,(H,19,20). The molecule has 23 heavy (non-hydrogen) atoms. The molecule has 0 aliphatic rings. The number of aromatic carboxylic acids is 1. The van der Waals surface area contributed by atoms with Gasteiger partial charge in [0.05, 0.1) is 10.5 Å². The molecule has 3 N–H and O–H groups in total. The SMILES string of the molecule is O=C(O)c1ccc(O)cc1CCNS(=O)(=O)c1ccc(Cl)cc1. The lowest BCUT2D eigenvalue weighted by atomic mass is 10.0. The first-order chi connectivity index (χ1) is 10.8. The highest BCUT2D eigenvalue weighted by molar-refractivity contribution is 7.89. The third kappa shape index (κ3) is 4.44. The lowest BCUT2D eigenvalue weighted by Crippen LogP contribution is -2.26. The van der Waals surface area contributed by atoms with Gasteiger partial charge in [-0.15, -0.1) is 0 Å². The summed E-state index contributed by atoms with van der Waals surface area (Å²) in [6.45, 7) is -0.00526. The lowest BCUT2D eigenvalue weighted by Gasteiger charge is -2.09. The maximum Gasteiger partial charge on any atom is 0.335 e. The quantitative estimate of drug-likeness (QED) is 0.737. The lowest BCUT2D eigenvalue weighted by molar-refractivity contribution is 0.0695. The second-order valence-corrected chi connectivity index (χ2v) is 6.95. The Hall–Kier alpha value is -2.09. The molecule has 0 aromatic heterocycles. The van der Waals surface area contributed by atoms with Crippen LogP contribution in [0.2, 0.25) is 5.02 Å². The molecule has 0 aliphatic heterocycles. The Balaban J connectivity index is 2.09. The molecule has 0 heterocycles. The number of aromatic hydroxyl groups is 1.